The van der Waals surface area contributed by atoms with Gasteiger partial charge in [0.05, 0.1) is 11.5 Å². The normalized spacial score (nSPS) is 11.7. The predicted octanol–water partition coefficient (Wildman–Crippen LogP) is 1.55. The summed E-state index contributed by atoms with van der Waals surface area (Å²) in [7, 11) is -3.61. The number of nitrogen functional groups attached to an aromatic ring is 1. The van der Waals surface area contributed by atoms with E-state index in [2.05, 4.69) is 4.72 Å². The Kier molecular flexibility index (Phi) is 5.40. The number of hydrogen-bond acceptors (Lipinski definition) is 4. The second-order valence-electron chi connectivity index (χ2n) is 3.71. The fraction of sp³-hybridized carbons (Fsp3) is 0.455. The van der Waals surface area contributed by atoms with Crippen molar-refractivity contribution < 1.29 is 13.2 Å². The molecular formula is C11H17ClN2O3S. The van der Waals surface area contributed by atoms with Gasteiger partial charge in [-0.05, 0) is 31.5 Å². The van der Waals surface area contributed by atoms with Crippen LogP contribution in [-0.4, -0.2) is 28.2 Å². The van der Waals surface area contributed by atoms with E-state index in [0.29, 0.717) is 29.5 Å². The first-order valence-electron chi connectivity index (χ1n) is 5.51. The number of ether oxygens (including phenoxy) is 1. The number of anilines is 1. The van der Waals surface area contributed by atoms with Gasteiger partial charge in [-0.3, -0.25) is 0 Å². The number of nitrogens with one attached hydrogen (secondary N) is 1. The fourth-order valence-electron chi connectivity index (χ4n) is 1.42. The van der Waals surface area contributed by atoms with Crippen LogP contribution in [0.5, 0.6) is 0 Å². The number of nitrogens with two attached hydrogens (primary N) is 1. The smallest absolute Gasteiger partial charge is 0.241 e. The monoisotopic (exact) mass is 292 g/mol. The maximum Gasteiger partial charge on any atom is 0.241 e. The van der Waals surface area contributed by atoms with E-state index >= 15 is 0 Å². The third-order valence-electron chi connectivity index (χ3n) is 2.40. The molecule has 5 nitrogen and oxygen atoms in total. The molecule has 7 heteroatoms. The van der Waals surface area contributed by atoms with Gasteiger partial charge in [-0.15, -0.1) is 0 Å². The highest BCUT2D eigenvalue weighted by Gasteiger charge is 2.18. The van der Waals surface area contributed by atoms with Crippen molar-refractivity contribution in [3.63, 3.8) is 0 Å². The van der Waals surface area contributed by atoms with Gasteiger partial charge in [0.2, 0.25) is 10.0 Å². The molecule has 0 aromatic heterocycles. The first-order valence-corrected chi connectivity index (χ1v) is 7.37. The lowest BCUT2D eigenvalue weighted by Gasteiger charge is -2.11. The van der Waals surface area contributed by atoms with Crippen molar-refractivity contribution in [2.24, 2.45) is 0 Å². The minimum absolute atomic E-state index is 0.101. The van der Waals surface area contributed by atoms with Crippen molar-refractivity contribution in [1.29, 1.82) is 0 Å². The Balaban J connectivity index is 2.91. The van der Waals surface area contributed by atoms with E-state index in [1.807, 2.05) is 6.92 Å². The molecule has 0 saturated carbocycles. The molecule has 0 aliphatic heterocycles. The third-order valence-corrected chi connectivity index (χ3v) is 4.20. The Bertz CT molecular complexity index is 517. The Morgan fingerprint density at radius 3 is 2.72 bits per heavy atom. The molecule has 0 spiro atoms. The molecule has 102 valence electrons. The lowest BCUT2D eigenvalue weighted by atomic mass is 10.2. The molecule has 0 amide bonds. The Morgan fingerprint density at radius 2 is 2.11 bits per heavy atom. The van der Waals surface area contributed by atoms with E-state index < -0.39 is 10.0 Å². The summed E-state index contributed by atoms with van der Waals surface area (Å²) in [6.07, 6.45) is 0. The lowest BCUT2D eigenvalue weighted by molar-refractivity contribution is 0.153. The largest absolute Gasteiger partial charge is 0.398 e. The van der Waals surface area contributed by atoms with Crippen LogP contribution in [0.2, 0.25) is 5.02 Å². The van der Waals surface area contributed by atoms with Gasteiger partial charge in [-0.2, -0.15) is 0 Å². The van der Waals surface area contributed by atoms with E-state index in [1.54, 1.807) is 6.92 Å². The first kappa shape index (κ1) is 15.2. The number of hydrogen-bond donors (Lipinski definition) is 2. The minimum Gasteiger partial charge on any atom is -0.398 e. The van der Waals surface area contributed by atoms with Gasteiger partial charge in [0.1, 0.15) is 0 Å². The van der Waals surface area contributed by atoms with Crippen molar-refractivity contribution in [1.82, 2.24) is 4.72 Å². The molecule has 0 fully saturated rings. The van der Waals surface area contributed by atoms with E-state index in [0.717, 1.165) is 0 Å². The molecule has 0 aliphatic rings. The van der Waals surface area contributed by atoms with Gasteiger partial charge < -0.3 is 10.5 Å². The highest BCUT2D eigenvalue weighted by molar-refractivity contribution is 7.89. The molecule has 1 aromatic carbocycles. The molecule has 0 unspecified atom stereocenters. The summed E-state index contributed by atoms with van der Waals surface area (Å²) in [6.45, 7) is 4.57. The summed E-state index contributed by atoms with van der Waals surface area (Å²) in [5, 5.41) is 0.295. The molecule has 3 N–H and O–H groups in total. The summed E-state index contributed by atoms with van der Waals surface area (Å²) in [4.78, 5) is 0.101. The van der Waals surface area contributed by atoms with E-state index in [-0.39, 0.29) is 11.4 Å². The topological polar surface area (TPSA) is 81.4 Å². The Labute approximate surface area is 112 Å². The molecule has 1 rings (SSSR count). The maximum atomic E-state index is 12.0. The molecule has 18 heavy (non-hydrogen) atoms. The van der Waals surface area contributed by atoms with Crippen molar-refractivity contribution >= 4 is 27.3 Å². The summed E-state index contributed by atoms with van der Waals surface area (Å²) >= 11 is 5.82. The van der Waals surface area contributed by atoms with Gasteiger partial charge in [0.25, 0.3) is 0 Å². The van der Waals surface area contributed by atoms with Crippen LogP contribution >= 0.6 is 11.6 Å². The fourth-order valence-corrected chi connectivity index (χ4v) is 3.03. The number of benzene rings is 1. The predicted molar refractivity (Wildman–Crippen MR) is 72.3 cm³/mol. The first-order chi connectivity index (χ1) is 8.38. The summed E-state index contributed by atoms with van der Waals surface area (Å²) < 4.78 is 31.6. The van der Waals surface area contributed by atoms with Gasteiger partial charge in [-0.25, -0.2) is 13.1 Å². The van der Waals surface area contributed by atoms with Gasteiger partial charge in [0.15, 0.2) is 0 Å². The SMILES string of the molecule is CCOCCNS(=O)(=O)c1cc(Cl)cc(N)c1C. The molecule has 1 aromatic rings. The zero-order valence-corrected chi connectivity index (χ0v) is 11.9. The summed E-state index contributed by atoms with van der Waals surface area (Å²) in [5.74, 6) is 0. The molecule has 0 saturated heterocycles. The van der Waals surface area contributed by atoms with Gasteiger partial charge in [0, 0.05) is 23.9 Å². The van der Waals surface area contributed by atoms with Crippen LogP contribution in [-0.2, 0) is 14.8 Å². The second-order valence-corrected chi connectivity index (χ2v) is 5.88. The van der Waals surface area contributed by atoms with Crippen LogP contribution in [0.25, 0.3) is 0 Å². The number of halogens is 1. The Morgan fingerprint density at radius 1 is 1.44 bits per heavy atom. The van der Waals surface area contributed by atoms with Crippen molar-refractivity contribution in [3.8, 4) is 0 Å². The van der Waals surface area contributed by atoms with E-state index in [1.165, 1.54) is 12.1 Å². The molecule has 0 atom stereocenters. The Hall–Kier alpha value is -0.820. The molecular weight excluding hydrogens is 276 g/mol. The van der Waals surface area contributed by atoms with Crippen LogP contribution in [0, 0.1) is 6.92 Å². The van der Waals surface area contributed by atoms with Crippen LogP contribution in [0.1, 0.15) is 12.5 Å². The molecule has 0 aliphatic carbocycles. The number of sulfonamides is 1. The third kappa shape index (κ3) is 3.84. The quantitative estimate of drug-likeness (QED) is 0.616. The summed E-state index contributed by atoms with van der Waals surface area (Å²) in [5.41, 5.74) is 6.54. The maximum absolute atomic E-state index is 12.0. The molecule has 0 radical (unpaired) electrons. The lowest BCUT2D eigenvalue weighted by Crippen LogP contribution is -2.28. The second kappa shape index (κ2) is 6.38. The highest BCUT2D eigenvalue weighted by Crippen LogP contribution is 2.25. The zero-order chi connectivity index (χ0) is 13.8. The van der Waals surface area contributed by atoms with Gasteiger partial charge >= 0.3 is 0 Å². The van der Waals surface area contributed by atoms with Gasteiger partial charge in [-0.1, -0.05) is 11.6 Å². The molecule has 0 heterocycles. The van der Waals surface area contributed by atoms with Crippen LogP contribution in [0.4, 0.5) is 5.69 Å². The zero-order valence-electron chi connectivity index (χ0n) is 10.4. The van der Waals surface area contributed by atoms with Crippen LogP contribution in [0.15, 0.2) is 17.0 Å². The number of rotatable bonds is 6. The van der Waals surface area contributed by atoms with Crippen molar-refractivity contribution in [2.75, 3.05) is 25.5 Å². The van der Waals surface area contributed by atoms with Crippen molar-refractivity contribution in [2.45, 2.75) is 18.7 Å². The molecule has 0 bridgehead atoms. The average Bonchev–Trinajstić information content (AvgIpc) is 2.29. The average molecular weight is 293 g/mol. The standard InChI is InChI=1S/C11H17ClN2O3S/c1-3-17-5-4-14-18(15,16)11-7-9(12)6-10(13)8(11)2/h6-7,14H,3-5,13H2,1-2H3. The highest BCUT2D eigenvalue weighted by atomic mass is 35.5. The van der Waals surface area contributed by atoms with Crippen molar-refractivity contribution in [3.05, 3.63) is 22.7 Å². The van der Waals surface area contributed by atoms with E-state index in [9.17, 15) is 8.42 Å². The minimum atomic E-state index is -3.61. The van der Waals surface area contributed by atoms with Crippen LogP contribution < -0.4 is 10.5 Å². The summed E-state index contributed by atoms with van der Waals surface area (Å²) in [6, 6.07) is 2.91. The van der Waals surface area contributed by atoms with Crippen LogP contribution in [0.3, 0.4) is 0 Å². The van der Waals surface area contributed by atoms with E-state index in [4.69, 9.17) is 22.1 Å².